The summed E-state index contributed by atoms with van der Waals surface area (Å²) in [6.07, 6.45) is 1.66. The van der Waals surface area contributed by atoms with Crippen molar-refractivity contribution in [2.75, 3.05) is 0 Å². The zero-order valence-electron chi connectivity index (χ0n) is 9.09. The molecule has 0 aromatic carbocycles. The first-order chi connectivity index (χ1) is 6.97. The molecule has 1 aromatic rings. The number of hydrogen-bond acceptors (Lipinski definition) is 3. The molecule has 0 spiro atoms. The van der Waals surface area contributed by atoms with E-state index < -0.39 is 5.41 Å². The van der Waals surface area contributed by atoms with E-state index in [-0.39, 0.29) is 5.91 Å². The number of nitrogens with one attached hydrogen (secondary N) is 2. The van der Waals surface area contributed by atoms with Gasteiger partial charge in [0.2, 0.25) is 5.91 Å². The summed E-state index contributed by atoms with van der Waals surface area (Å²) in [6.45, 7) is 5.45. The largest absolute Gasteiger partial charge is 0.351 e. The van der Waals surface area contributed by atoms with Crippen molar-refractivity contribution in [3.63, 3.8) is 0 Å². The molecule has 1 aromatic heterocycles. The van der Waals surface area contributed by atoms with Crippen molar-refractivity contribution >= 4 is 5.91 Å². The van der Waals surface area contributed by atoms with Crippen LogP contribution in [0.2, 0.25) is 0 Å². The lowest BCUT2D eigenvalue weighted by Gasteiger charge is -2.14. The normalized spacial score (nSPS) is 10.8. The van der Waals surface area contributed by atoms with Gasteiger partial charge in [-0.25, -0.2) is 0 Å². The summed E-state index contributed by atoms with van der Waals surface area (Å²) in [5, 5.41) is 18.1. The number of nitriles is 1. The van der Waals surface area contributed by atoms with Crippen molar-refractivity contribution < 1.29 is 4.79 Å². The van der Waals surface area contributed by atoms with Crippen LogP contribution in [0.4, 0.5) is 0 Å². The summed E-state index contributed by atoms with van der Waals surface area (Å²) in [5.74, 6) is -0.273. The third-order valence-electron chi connectivity index (χ3n) is 2.22. The van der Waals surface area contributed by atoms with Crippen molar-refractivity contribution in [1.82, 2.24) is 15.5 Å². The van der Waals surface area contributed by atoms with Crippen LogP contribution in [0, 0.1) is 23.7 Å². The van der Waals surface area contributed by atoms with Gasteiger partial charge >= 0.3 is 0 Å². The molecule has 0 aliphatic heterocycles. The van der Waals surface area contributed by atoms with Crippen LogP contribution in [0.15, 0.2) is 6.20 Å². The van der Waals surface area contributed by atoms with Crippen LogP contribution in [0.1, 0.15) is 25.1 Å². The van der Waals surface area contributed by atoms with Gasteiger partial charge in [-0.2, -0.15) is 10.4 Å². The number of nitrogens with zero attached hydrogens (tertiary/aromatic N) is 2. The molecule has 0 atom stereocenters. The van der Waals surface area contributed by atoms with E-state index >= 15 is 0 Å². The van der Waals surface area contributed by atoms with Gasteiger partial charge in [0.25, 0.3) is 0 Å². The van der Waals surface area contributed by atoms with Gasteiger partial charge in [-0.05, 0) is 20.8 Å². The first kappa shape index (κ1) is 11.2. The molecule has 80 valence electrons. The van der Waals surface area contributed by atoms with E-state index in [1.54, 1.807) is 20.0 Å². The number of H-pyrrole nitrogens is 1. The highest BCUT2D eigenvalue weighted by Crippen LogP contribution is 2.13. The van der Waals surface area contributed by atoms with Gasteiger partial charge in [0, 0.05) is 17.8 Å². The van der Waals surface area contributed by atoms with Crippen LogP contribution in [-0.2, 0) is 11.3 Å². The first-order valence-corrected chi connectivity index (χ1v) is 4.66. The summed E-state index contributed by atoms with van der Waals surface area (Å²) in [4.78, 5) is 11.5. The van der Waals surface area contributed by atoms with E-state index in [1.165, 1.54) is 0 Å². The van der Waals surface area contributed by atoms with Crippen LogP contribution in [0.25, 0.3) is 0 Å². The Labute approximate surface area is 88.5 Å². The van der Waals surface area contributed by atoms with Crippen LogP contribution < -0.4 is 5.32 Å². The van der Waals surface area contributed by atoms with E-state index in [0.29, 0.717) is 6.54 Å². The standard InChI is InChI=1S/C10H14N4O/c1-7-8(5-13-14-7)4-12-9(15)10(2,3)6-11/h5H,4H2,1-3H3,(H,12,15)(H,13,14). The van der Waals surface area contributed by atoms with Crippen LogP contribution in [-0.4, -0.2) is 16.1 Å². The maximum absolute atomic E-state index is 11.5. The maximum Gasteiger partial charge on any atom is 0.240 e. The van der Waals surface area contributed by atoms with Crippen LogP contribution in [0.5, 0.6) is 0 Å². The molecule has 0 saturated heterocycles. The number of rotatable bonds is 3. The van der Waals surface area contributed by atoms with Crippen LogP contribution in [0.3, 0.4) is 0 Å². The molecule has 1 amide bonds. The van der Waals surface area contributed by atoms with E-state index in [4.69, 9.17) is 5.26 Å². The fourth-order valence-electron chi connectivity index (χ4n) is 1.00. The smallest absolute Gasteiger partial charge is 0.240 e. The lowest BCUT2D eigenvalue weighted by Crippen LogP contribution is -2.35. The Balaban J connectivity index is 2.56. The van der Waals surface area contributed by atoms with Gasteiger partial charge in [0.15, 0.2) is 0 Å². The van der Waals surface area contributed by atoms with E-state index in [9.17, 15) is 4.79 Å². The van der Waals surface area contributed by atoms with Crippen molar-refractivity contribution in [2.24, 2.45) is 5.41 Å². The molecule has 0 unspecified atom stereocenters. The SMILES string of the molecule is Cc1[nH]ncc1CNC(=O)C(C)(C)C#N. The van der Waals surface area contributed by atoms with E-state index in [2.05, 4.69) is 15.5 Å². The minimum Gasteiger partial charge on any atom is -0.351 e. The van der Waals surface area contributed by atoms with E-state index in [0.717, 1.165) is 11.3 Å². The predicted octanol–water partition coefficient (Wildman–Crippen LogP) is 0.884. The third-order valence-corrected chi connectivity index (χ3v) is 2.22. The van der Waals surface area contributed by atoms with Gasteiger partial charge in [-0.1, -0.05) is 0 Å². The molecular weight excluding hydrogens is 192 g/mol. The fourth-order valence-corrected chi connectivity index (χ4v) is 1.00. The number of carbonyl (C=O) groups is 1. The minimum absolute atomic E-state index is 0.273. The molecule has 0 aliphatic carbocycles. The molecule has 0 radical (unpaired) electrons. The van der Waals surface area contributed by atoms with Gasteiger partial charge in [-0.15, -0.1) is 0 Å². The quantitative estimate of drug-likeness (QED) is 0.770. The predicted molar refractivity (Wildman–Crippen MR) is 54.6 cm³/mol. The van der Waals surface area contributed by atoms with Crippen LogP contribution >= 0.6 is 0 Å². The topological polar surface area (TPSA) is 81.6 Å². The highest BCUT2D eigenvalue weighted by atomic mass is 16.2. The zero-order valence-corrected chi connectivity index (χ0v) is 9.09. The minimum atomic E-state index is -0.988. The number of aryl methyl sites for hydroxylation is 1. The number of aromatic nitrogens is 2. The Bertz CT molecular complexity index is 400. The van der Waals surface area contributed by atoms with Gasteiger partial charge in [0.05, 0.1) is 12.3 Å². The molecular formula is C10H14N4O. The fraction of sp³-hybridized carbons (Fsp3) is 0.500. The summed E-state index contributed by atoms with van der Waals surface area (Å²) >= 11 is 0. The second-order valence-corrected chi connectivity index (χ2v) is 3.94. The maximum atomic E-state index is 11.5. The average molecular weight is 206 g/mol. The van der Waals surface area contributed by atoms with Crippen molar-refractivity contribution in [3.8, 4) is 6.07 Å². The lowest BCUT2D eigenvalue weighted by atomic mass is 9.95. The molecule has 0 saturated carbocycles. The summed E-state index contributed by atoms with van der Waals surface area (Å²) in [6, 6.07) is 1.95. The number of aromatic amines is 1. The molecule has 5 nitrogen and oxygen atoms in total. The van der Waals surface area contributed by atoms with Gasteiger partial charge < -0.3 is 5.32 Å². The second kappa shape index (κ2) is 4.13. The summed E-state index contributed by atoms with van der Waals surface area (Å²) in [5.41, 5.74) is 0.861. The Kier molecular flexibility index (Phi) is 3.10. The van der Waals surface area contributed by atoms with Crippen molar-refractivity contribution in [3.05, 3.63) is 17.5 Å². The summed E-state index contributed by atoms with van der Waals surface area (Å²) < 4.78 is 0. The van der Waals surface area contributed by atoms with Crippen molar-refractivity contribution in [1.29, 1.82) is 5.26 Å². The average Bonchev–Trinajstić information content (AvgIpc) is 2.60. The Morgan fingerprint density at radius 1 is 1.73 bits per heavy atom. The second-order valence-electron chi connectivity index (χ2n) is 3.94. The number of amides is 1. The molecule has 15 heavy (non-hydrogen) atoms. The zero-order chi connectivity index (χ0) is 11.5. The van der Waals surface area contributed by atoms with Gasteiger partial charge in [0.1, 0.15) is 5.41 Å². The summed E-state index contributed by atoms with van der Waals surface area (Å²) in [7, 11) is 0. The Hall–Kier alpha value is -1.83. The molecule has 0 fully saturated rings. The monoisotopic (exact) mass is 206 g/mol. The molecule has 1 heterocycles. The molecule has 0 aliphatic rings. The molecule has 5 heteroatoms. The Morgan fingerprint density at radius 2 is 2.40 bits per heavy atom. The molecule has 1 rings (SSSR count). The Morgan fingerprint density at radius 3 is 2.87 bits per heavy atom. The number of hydrogen-bond donors (Lipinski definition) is 2. The lowest BCUT2D eigenvalue weighted by molar-refractivity contribution is -0.126. The van der Waals surface area contributed by atoms with Crippen molar-refractivity contribution in [2.45, 2.75) is 27.3 Å². The van der Waals surface area contributed by atoms with E-state index in [1.807, 2.05) is 13.0 Å². The van der Waals surface area contributed by atoms with Gasteiger partial charge in [-0.3, -0.25) is 9.89 Å². The number of carbonyl (C=O) groups excluding carboxylic acids is 1. The third kappa shape index (κ3) is 2.56. The molecule has 0 bridgehead atoms. The highest BCUT2D eigenvalue weighted by molar-refractivity contribution is 5.84. The molecule has 2 N–H and O–H groups in total. The first-order valence-electron chi connectivity index (χ1n) is 4.66. The highest BCUT2D eigenvalue weighted by Gasteiger charge is 2.26.